The minimum atomic E-state index is -0.519. The van der Waals surface area contributed by atoms with Gasteiger partial charge in [-0.2, -0.15) is 0 Å². The SMILES string of the molecule is Cc1ccccc1O[C@@H]1c2ccccc2C[C@]12CN(C)C(=O)CO2. The standard InChI is InChI=1S/C20H21NO3/c1-14-7-3-6-10-17(14)24-19-16-9-5-4-8-15(16)11-20(19)13-21(2)18(22)12-23-20/h3-10,19H,11-13H2,1-2H3/t19-,20+/m1/s1. The highest BCUT2D eigenvalue weighted by molar-refractivity contribution is 5.78. The average molecular weight is 323 g/mol. The predicted octanol–water partition coefficient (Wildman–Crippen LogP) is 2.90. The smallest absolute Gasteiger partial charge is 0.248 e. The molecular weight excluding hydrogens is 302 g/mol. The molecule has 2 aromatic carbocycles. The Hall–Kier alpha value is -2.33. The first-order valence-corrected chi connectivity index (χ1v) is 8.27. The molecule has 1 heterocycles. The topological polar surface area (TPSA) is 38.8 Å². The van der Waals surface area contributed by atoms with E-state index in [1.165, 1.54) is 5.56 Å². The van der Waals surface area contributed by atoms with Crippen molar-refractivity contribution in [3.8, 4) is 5.75 Å². The summed E-state index contributed by atoms with van der Waals surface area (Å²) < 4.78 is 12.5. The monoisotopic (exact) mass is 323 g/mol. The van der Waals surface area contributed by atoms with Gasteiger partial charge in [0.2, 0.25) is 5.91 Å². The van der Waals surface area contributed by atoms with Crippen LogP contribution in [0.25, 0.3) is 0 Å². The van der Waals surface area contributed by atoms with Crippen LogP contribution in [0.15, 0.2) is 48.5 Å². The molecule has 4 heteroatoms. The van der Waals surface area contributed by atoms with Crippen LogP contribution in [0.5, 0.6) is 5.75 Å². The summed E-state index contributed by atoms with van der Waals surface area (Å²) in [4.78, 5) is 13.6. The highest BCUT2D eigenvalue weighted by atomic mass is 16.6. The lowest BCUT2D eigenvalue weighted by Crippen LogP contribution is -2.56. The quantitative estimate of drug-likeness (QED) is 0.853. The van der Waals surface area contributed by atoms with Crippen LogP contribution in [-0.2, 0) is 16.0 Å². The number of benzene rings is 2. The maximum atomic E-state index is 11.9. The fraction of sp³-hybridized carbons (Fsp3) is 0.350. The molecule has 4 nitrogen and oxygen atoms in total. The van der Waals surface area contributed by atoms with E-state index in [4.69, 9.17) is 9.47 Å². The van der Waals surface area contributed by atoms with Crippen LogP contribution in [0.1, 0.15) is 22.8 Å². The predicted molar refractivity (Wildman–Crippen MR) is 91.0 cm³/mol. The lowest BCUT2D eigenvalue weighted by molar-refractivity contribution is -0.175. The number of aryl methyl sites for hydroxylation is 1. The van der Waals surface area contributed by atoms with Gasteiger partial charge in [-0.3, -0.25) is 4.79 Å². The average Bonchev–Trinajstić information content (AvgIpc) is 2.87. The molecule has 0 bridgehead atoms. The first kappa shape index (κ1) is 15.2. The Bertz CT molecular complexity index is 788. The Kier molecular flexibility index (Phi) is 3.57. The number of para-hydroxylation sites is 1. The molecule has 1 spiro atoms. The molecule has 0 unspecified atom stereocenters. The molecule has 1 amide bonds. The van der Waals surface area contributed by atoms with E-state index < -0.39 is 5.60 Å². The summed E-state index contributed by atoms with van der Waals surface area (Å²) in [6, 6.07) is 16.3. The zero-order valence-electron chi connectivity index (χ0n) is 14.0. The van der Waals surface area contributed by atoms with E-state index in [2.05, 4.69) is 12.1 Å². The van der Waals surface area contributed by atoms with E-state index in [-0.39, 0.29) is 18.6 Å². The van der Waals surface area contributed by atoms with Gasteiger partial charge in [-0.25, -0.2) is 0 Å². The molecule has 1 aliphatic heterocycles. The number of amides is 1. The Balaban J connectivity index is 1.74. The molecule has 2 aliphatic rings. The molecule has 2 atom stereocenters. The number of hydrogen-bond donors (Lipinski definition) is 0. The Morgan fingerprint density at radius 2 is 1.92 bits per heavy atom. The number of nitrogens with zero attached hydrogens (tertiary/aromatic N) is 1. The van der Waals surface area contributed by atoms with E-state index in [0.717, 1.165) is 23.3 Å². The van der Waals surface area contributed by atoms with Gasteiger partial charge in [0.25, 0.3) is 0 Å². The minimum absolute atomic E-state index is 0.0197. The Morgan fingerprint density at radius 1 is 1.17 bits per heavy atom. The fourth-order valence-corrected chi connectivity index (χ4v) is 3.75. The zero-order chi connectivity index (χ0) is 16.7. The van der Waals surface area contributed by atoms with Crippen LogP contribution in [0, 0.1) is 6.92 Å². The molecule has 0 aromatic heterocycles. The molecule has 1 aliphatic carbocycles. The van der Waals surface area contributed by atoms with E-state index in [1.54, 1.807) is 4.90 Å². The highest BCUT2D eigenvalue weighted by Crippen LogP contribution is 2.46. The second-order valence-corrected chi connectivity index (χ2v) is 6.74. The lowest BCUT2D eigenvalue weighted by atomic mass is 9.94. The van der Waals surface area contributed by atoms with Crippen molar-refractivity contribution in [3.05, 3.63) is 65.2 Å². The summed E-state index contributed by atoms with van der Waals surface area (Å²) >= 11 is 0. The number of likely N-dealkylation sites (N-methyl/N-ethyl adjacent to an activating group) is 1. The molecule has 1 fully saturated rings. The van der Waals surface area contributed by atoms with Crippen molar-refractivity contribution >= 4 is 5.91 Å². The van der Waals surface area contributed by atoms with Crippen LogP contribution in [-0.4, -0.2) is 36.6 Å². The van der Waals surface area contributed by atoms with Crippen LogP contribution in [0.3, 0.4) is 0 Å². The maximum Gasteiger partial charge on any atom is 0.248 e. The van der Waals surface area contributed by atoms with Gasteiger partial charge in [-0.15, -0.1) is 0 Å². The highest BCUT2D eigenvalue weighted by Gasteiger charge is 2.52. The molecule has 124 valence electrons. The fourth-order valence-electron chi connectivity index (χ4n) is 3.75. The normalized spacial score (nSPS) is 25.8. The summed E-state index contributed by atoms with van der Waals surface area (Å²) in [5.41, 5.74) is 2.97. The summed E-state index contributed by atoms with van der Waals surface area (Å²) in [7, 11) is 1.83. The van der Waals surface area contributed by atoms with Crippen molar-refractivity contribution in [2.45, 2.75) is 25.0 Å². The number of carbonyl (C=O) groups excluding carboxylic acids is 1. The van der Waals surface area contributed by atoms with Gasteiger partial charge in [0.15, 0.2) is 6.10 Å². The van der Waals surface area contributed by atoms with Crippen molar-refractivity contribution in [1.29, 1.82) is 0 Å². The van der Waals surface area contributed by atoms with Crippen LogP contribution in [0.4, 0.5) is 0 Å². The number of rotatable bonds is 2. The largest absolute Gasteiger partial charge is 0.482 e. The van der Waals surface area contributed by atoms with Crippen LogP contribution >= 0.6 is 0 Å². The van der Waals surface area contributed by atoms with Crippen molar-refractivity contribution < 1.29 is 14.3 Å². The van der Waals surface area contributed by atoms with Crippen molar-refractivity contribution in [1.82, 2.24) is 4.90 Å². The third kappa shape index (κ3) is 2.38. The van der Waals surface area contributed by atoms with E-state index >= 15 is 0 Å². The van der Waals surface area contributed by atoms with Gasteiger partial charge in [0.1, 0.15) is 18.0 Å². The molecule has 2 aromatic rings. The Labute approximate surface area is 142 Å². The number of morpholine rings is 1. The molecule has 4 rings (SSSR count). The molecule has 0 radical (unpaired) electrons. The molecule has 0 saturated carbocycles. The molecule has 1 saturated heterocycles. The number of fused-ring (bicyclic) bond motifs is 1. The van der Waals surface area contributed by atoms with Gasteiger partial charge < -0.3 is 14.4 Å². The van der Waals surface area contributed by atoms with Gasteiger partial charge in [-0.1, -0.05) is 42.5 Å². The zero-order valence-corrected chi connectivity index (χ0v) is 14.0. The summed E-state index contributed by atoms with van der Waals surface area (Å²) in [5, 5.41) is 0. The first-order chi connectivity index (χ1) is 11.6. The van der Waals surface area contributed by atoms with Gasteiger partial charge in [-0.05, 0) is 29.7 Å². The molecular formula is C20H21NO3. The van der Waals surface area contributed by atoms with E-state index in [0.29, 0.717) is 6.54 Å². The van der Waals surface area contributed by atoms with Crippen LogP contribution < -0.4 is 4.74 Å². The van der Waals surface area contributed by atoms with E-state index in [1.807, 2.05) is 50.4 Å². The van der Waals surface area contributed by atoms with Gasteiger partial charge in [0, 0.05) is 13.5 Å². The third-order valence-corrected chi connectivity index (χ3v) is 5.06. The second kappa shape index (κ2) is 5.64. The molecule has 24 heavy (non-hydrogen) atoms. The summed E-state index contributed by atoms with van der Waals surface area (Å²) in [6.07, 6.45) is 0.544. The lowest BCUT2D eigenvalue weighted by Gasteiger charge is -2.42. The van der Waals surface area contributed by atoms with Crippen molar-refractivity contribution in [2.75, 3.05) is 20.2 Å². The number of hydrogen-bond acceptors (Lipinski definition) is 3. The number of ether oxygens (including phenoxy) is 2. The van der Waals surface area contributed by atoms with Gasteiger partial charge in [0.05, 0.1) is 6.54 Å². The van der Waals surface area contributed by atoms with E-state index in [9.17, 15) is 4.79 Å². The van der Waals surface area contributed by atoms with Gasteiger partial charge >= 0.3 is 0 Å². The van der Waals surface area contributed by atoms with Crippen molar-refractivity contribution in [3.63, 3.8) is 0 Å². The third-order valence-electron chi connectivity index (χ3n) is 5.06. The first-order valence-electron chi connectivity index (χ1n) is 8.27. The minimum Gasteiger partial charge on any atom is -0.482 e. The van der Waals surface area contributed by atoms with Crippen LogP contribution in [0.2, 0.25) is 0 Å². The second-order valence-electron chi connectivity index (χ2n) is 6.74. The number of carbonyl (C=O) groups is 1. The Morgan fingerprint density at radius 3 is 2.71 bits per heavy atom. The summed E-state index contributed by atoms with van der Waals surface area (Å²) in [5.74, 6) is 0.882. The summed E-state index contributed by atoms with van der Waals surface area (Å²) in [6.45, 7) is 2.69. The molecule has 0 N–H and O–H groups in total. The van der Waals surface area contributed by atoms with Crippen molar-refractivity contribution in [2.24, 2.45) is 0 Å². The maximum absolute atomic E-state index is 11.9.